The fraction of sp³-hybridized carbons (Fsp3) is 0.281. The number of ether oxygens (including phenoxy) is 1. The standard InChI is InChI=1S/C32H35FN6O4S/c33-25-6-10-28(11-7-25)43-17-16-39(27-12-14-35-15-13-27)44(41,42)29-3-1-2-23(18-29)30-19-24-21-38(32(40)37-31(24)36-30)26-8-4-22(20-34)5-9-26/h1-11,18-19,21,27,31,35-36H,12-17,20,34H2,(H,37,40). The topological polar surface area (TPSA) is 129 Å². The van der Waals surface area contributed by atoms with Crippen LogP contribution < -0.4 is 31.3 Å². The molecule has 6 rings (SSSR count). The molecule has 3 aromatic carbocycles. The van der Waals surface area contributed by atoms with Gasteiger partial charge in [0.25, 0.3) is 0 Å². The molecule has 0 bridgehead atoms. The van der Waals surface area contributed by atoms with E-state index < -0.39 is 16.2 Å². The summed E-state index contributed by atoms with van der Waals surface area (Å²) < 4.78 is 48.8. The second-order valence-corrected chi connectivity index (χ2v) is 12.8. The Morgan fingerprint density at radius 2 is 1.75 bits per heavy atom. The second-order valence-electron chi connectivity index (χ2n) is 10.9. The lowest BCUT2D eigenvalue weighted by Crippen LogP contribution is -2.51. The Labute approximate surface area is 256 Å². The number of nitrogens with zero attached hydrogens (tertiary/aromatic N) is 2. The van der Waals surface area contributed by atoms with Crippen molar-refractivity contribution in [2.45, 2.75) is 36.5 Å². The highest BCUT2D eigenvalue weighted by Gasteiger charge is 2.34. The quantitative estimate of drug-likeness (QED) is 0.274. The van der Waals surface area contributed by atoms with Crippen molar-refractivity contribution in [3.05, 3.63) is 108 Å². The number of amides is 2. The second kappa shape index (κ2) is 12.8. The van der Waals surface area contributed by atoms with E-state index in [1.54, 1.807) is 29.3 Å². The first-order chi connectivity index (χ1) is 21.3. The molecule has 12 heteroatoms. The van der Waals surface area contributed by atoms with Crippen molar-refractivity contribution in [2.24, 2.45) is 5.73 Å². The largest absolute Gasteiger partial charge is 0.492 e. The Hall–Kier alpha value is -4.23. The van der Waals surface area contributed by atoms with Crippen LogP contribution in [-0.2, 0) is 16.6 Å². The molecule has 10 nitrogen and oxygen atoms in total. The summed E-state index contributed by atoms with van der Waals surface area (Å²) in [5.74, 6) is 0.111. The van der Waals surface area contributed by atoms with Gasteiger partial charge in [-0.2, -0.15) is 4.31 Å². The zero-order valence-electron chi connectivity index (χ0n) is 24.1. The molecule has 0 aromatic heterocycles. The lowest BCUT2D eigenvalue weighted by molar-refractivity contribution is 0.215. The molecule has 1 unspecified atom stereocenters. The molecule has 230 valence electrons. The normalized spacial score (nSPS) is 18.8. The van der Waals surface area contributed by atoms with E-state index in [9.17, 15) is 17.6 Å². The maximum atomic E-state index is 14.1. The molecule has 2 amide bonds. The summed E-state index contributed by atoms with van der Waals surface area (Å²) in [7, 11) is -3.89. The fourth-order valence-electron chi connectivity index (χ4n) is 5.65. The minimum absolute atomic E-state index is 0.127. The average Bonchev–Trinajstić information content (AvgIpc) is 3.47. The first-order valence-corrected chi connectivity index (χ1v) is 16.1. The minimum Gasteiger partial charge on any atom is -0.492 e. The Morgan fingerprint density at radius 3 is 2.48 bits per heavy atom. The molecular formula is C32H35FN6O4S. The lowest BCUT2D eigenvalue weighted by atomic mass is 10.1. The monoisotopic (exact) mass is 618 g/mol. The van der Waals surface area contributed by atoms with Gasteiger partial charge in [0, 0.05) is 36.6 Å². The molecule has 0 spiro atoms. The number of piperidine rings is 1. The molecule has 0 saturated carbocycles. The number of carbonyl (C=O) groups excluding carboxylic acids is 1. The molecule has 5 N–H and O–H groups in total. The highest BCUT2D eigenvalue weighted by molar-refractivity contribution is 7.89. The van der Waals surface area contributed by atoms with Gasteiger partial charge in [-0.3, -0.25) is 4.90 Å². The van der Waals surface area contributed by atoms with Crippen LogP contribution in [0.4, 0.5) is 14.9 Å². The fourth-order valence-corrected chi connectivity index (χ4v) is 7.37. The van der Waals surface area contributed by atoms with Crippen molar-refractivity contribution in [3.8, 4) is 5.75 Å². The lowest BCUT2D eigenvalue weighted by Gasteiger charge is -2.33. The number of sulfonamides is 1. The summed E-state index contributed by atoms with van der Waals surface area (Å²) in [4.78, 5) is 14.6. The minimum atomic E-state index is -3.89. The van der Waals surface area contributed by atoms with Gasteiger partial charge in [0.05, 0.1) is 10.6 Å². The van der Waals surface area contributed by atoms with Crippen LogP contribution in [0.1, 0.15) is 24.0 Å². The molecule has 1 saturated heterocycles. The van der Waals surface area contributed by atoms with Crippen LogP contribution in [0.25, 0.3) is 5.70 Å². The number of nitrogens with one attached hydrogen (secondary N) is 3. The third-order valence-electron chi connectivity index (χ3n) is 8.02. The molecule has 1 fully saturated rings. The summed E-state index contributed by atoms with van der Waals surface area (Å²) in [5, 5.41) is 9.57. The summed E-state index contributed by atoms with van der Waals surface area (Å²) in [6, 6.07) is 19.5. The van der Waals surface area contributed by atoms with Crippen molar-refractivity contribution < 1.29 is 22.3 Å². The molecule has 1 atom stereocenters. The Balaban J connectivity index is 1.23. The first-order valence-electron chi connectivity index (χ1n) is 14.6. The van der Waals surface area contributed by atoms with Crippen LogP contribution in [0.5, 0.6) is 5.75 Å². The maximum Gasteiger partial charge on any atom is 0.327 e. The van der Waals surface area contributed by atoms with Crippen molar-refractivity contribution in [3.63, 3.8) is 0 Å². The highest BCUT2D eigenvalue weighted by Crippen LogP contribution is 2.30. The third-order valence-corrected chi connectivity index (χ3v) is 9.97. The van der Waals surface area contributed by atoms with Crippen molar-refractivity contribution >= 4 is 27.4 Å². The van der Waals surface area contributed by atoms with E-state index in [2.05, 4.69) is 16.0 Å². The number of hydrogen-bond donors (Lipinski definition) is 4. The number of halogens is 1. The zero-order valence-corrected chi connectivity index (χ0v) is 24.9. The van der Waals surface area contributed by atoms with Crippen LogP contribution in [0.15, 0.2) is 95.5 Å². The van der Waals surface area contributed by atoms with Crippen LogP contribution in [-0.4, -0.2) is 57.2 Å². The van der Waals surface area contributed by atoms with Crippen LogP contribution in [0, 0.1) is 5.82 Å². The van der Waals surface area contributed by atoms with Crippen molar-refractivity contribution in [1.29, 1.82) is 0 Å². The van der Waals surface area contributed by atoms with Crippen molar-refractivity contribution in [1.82, 2.24) is 20.3 Å². The molecule has 0 radical (unpaired) electrons. The highest BCUT2D eigenvalue weighted by atomic mass is 32.2. The van der Waals surface area contributed by atoms with E-state index in [0.29, 0.717) is 42.1 Å². The summed E-state index contributed by atoms with van der Waals surface area (Å²) in [6.45, 7) is 2.14. The molecule has 0 aliphatic carbocycles. The predicted octanol–water partition coefficient (Wildman–Crippen LogP) is 3.49. The Bertz CT molecular complexity index is 1670. The third kappa shape index (κ3) is 6.34. The van der Waals surface area contributed by atoms with Gasteiger partial charge >= 0.3 is 6.03 Å². The molecule has 3 aromatic rings. The predicted molar refractivity (Wildman–Crippen MR) is 166 cm³/mol. The number of anilines is 1. The van der Waals surface area contributed by atoms with E-state index in [1.165, 1.54) is 28.6 Å². The van der Waals surface area contributed by atoms with E-state index >= 15 is 0 Å². The number of hydrogen-bond acceptors (Lipinski definition) is 7. The average molecular weight is 619 g/mol. The van der Waals surface area contributed by atoms with Gasteiger partial charge < -0.3 is 26.4 Å². The van der Waals surface area contributed by atoms with Crippen LogP contribution >= 0.6 is 0 Å². The number of rotatable bonds is 10. The summed E-state index contributed by atoms with van der Waals surface area (Å²) in [6.07, 6.45) is 4.62. The smallest absolute Gasteiger partial charge is 0.327 e. The van der Waals surface area contributed by atoms with Crippen LogP contribution in [0.2, 0.25) is 0 Å². The van der Waals surface area contributed by atoms with Gasteiger partial charge in [0.2, 0.25) is 10.0 Å². The number of benzene rings is 3. The molecule has 3 heterocycles. The van der Waals surface area contributed by atoms with Crippen molar-refractivity contribution in [2.75, 3.05) is 31.1 Å². The van der Waals surface area contributed by atoms with E-state index in [0.717, 1.165) is 24.2 Å². The van der Waals surface area contributed by atoms with Gasteiger partial charge in [-0.15, -0.1) is 0 Å². The van der Waals surface area contributed by atoms with E-state index in [4.69, 9.17) is 10.5 Å². The maximum absolute atomic E-state index is 14.1. The number of fused-ring (bicyclic) bond motifs is 1. The Morgan fingerprint density at radius 1 is 1.00 bits per heavy atom. The molecular weight excluding hydrogens is 583 g/mol. The van der Waals surface area contributed by atoms with Gasteiger partial charge in [0.1, 0.15) is 24.3 Å². The van der Waals surface area contributed by atoms with Gasteiger partial charge in [-0.25, -0.2) is 17.6 Å². The number of urea groups is 1. The number of carbonyl (C=O) groups is 1. The SMILES string of the molecule is NCc1ccc(N2C=C3C=C(c4cccc(S(=O)(=O)N(CCOc5ccc(F)cc5)C5CCNCC5)c4)NC3NC2=O)cc1. The van der Waals surface area contributed by atoms with Crippen LogP contribution in [0.3, 0.4) is 0 Å². The van der Waals surface area contributed by atoms with Gasteiger partial charge in [-0.1, -0.05) is 24.3 Å². The molecule has 3 aliphatic rings. The van der Waals surface area contributed by atoms with E-state index in [-0.39, 0.29) is 35.9 Å². The molecule has 44 heavy (non-hydrogen) atoms. The Kier molecular flexibility index (Phi) is 8.67. The van der Waals surface area contributed by atoms with Gasteiger partial charge in [-0.05, 0) is 91.7 Å². The summed E-state index contributed by atoms with van der Waals surface area (Å²) >= 11 is 0. The first kappa shape index (κ1) is 29.8. The zero-order chi connectivity index (χ0) is 30.7. The number of nitrogens with two attached hydrogens (primary N) is 1. The van der Waals surface area contributed by atoms with E-state index in [1.807, 2.05) is 36.4 Å². The summed E-state index contributed by atoms with van der Waals surface area (Å²) in [5.41, 5.74) is 9.61. The van der Waals surface area contributed by atoms with Gasteiger partial charge in [0.15, 0.2) is 0 Å². The molecule has 3 aliphatic heterocycles.